The number of hydrogen-bond acceptors (Lipinski definition) is 2. The number of halogens is 3. The molecular formula is C15H18F3NS. The highest BCUT2D eigenvalue weighted by Crippen LogP contribution is 2.45. The van der Waals surface area contributed by atoms with E-state index in [9.17, 15) is 13.2 Å². The lowest BCUT2D eigenvalue weighted by Gasteiger charge is -2.35. The van der Waals surface area contributed by atoms with Crippen molar-refractivity contribution in [1.82, 2.24) is 0 Å². The van der Waals surface area contributed by atoms with Crippen LogP contribution in [0.15, 0.2) is 23.1 Å². The van der Waals surface area contributed by atoms with E-state index < -0.39 is 11.7 Å². The van der Waals surface area contributed by atoms with Gasteiger partial charge in [0.15, 0.2) is 0 Å². The largest absolute Gasteiger partial charge is 0.416 e. The van der Waals surface area contributed by atoms with Crippen molar-refractivity contribution in [3.63, 3.8) is 0 Å². The SMILES string of the molecule is FC(F)(F)c1ccc2c(c1)SCC1(CCCCC1)CN2. The lowest BCUT2D eigenvalue weighted by Crippen LogP contribution is -2.33. The van der Waals surface area contributed by atoms with Crippen LogP contribution in [0, 0.1) is 5.41 Å². The normalized spacial score (nSPS) is 21.9. The van der Waals surface area contributed by atoms with Gasteiger partial charge >= 0.3 is 6.18 Å². The van der Waals surface area contributed by atoms with Crippen LogP contribution in [0.3, 0.4) is 0 Å². The number of rotatable bonds is 0. The Hall–Kier alpha value is -0.840. The van der Waals surface area contributed by atoms with Gasteiger partial charge in [0.25, 0.3) is 0 Å². The van der Waals surface area contributed by atoms with Crippen LogP contribution in [0.1, 0.15) is 37.7 Å². The second kappa shape index (κ2) is 5.17. The van der Waals surface area contributed by atoms with Crippen molar-refractivity contribution in [2.45, 2.75) is 43.2 Å². The molecule has 0 bridgehead atoms. The first-order valence-electron chi connectivity index (χ1n) is 7.07. The third-order valence-electron chi connectivity index (χ3n) is 4.41. The van der Waals surface area contributed by atoms with Crippen LogP contribution in [0.5, 0.6) is 0 Å². The summed E-state index contributed by atoms with van der Waals surface area (Å²) in [5, 5.41) is 3.38. The molecule has 1 saturated carbocycles. The van der Waals surface area contributed by atoms with Crippen LogP contribution in [-0.4, -0.2) is 12.3 Å². The monoisotopic (exact) mass is 301 g/mol. The summed E-state index contributed by atoms with van der Waals surface area (Å²) in [4.78, 5) is 0.738. The summed E-state index contributed by atoms with van der Waals surface area (Å²) < 4.78 is 38.3. The molecule has 0 saturated heterocycles. The standard InChI is InChI=1S/C15H18F3NS/c16-15(17,18)11-4-5-12-13(8-11)20-10-14(9-19-12)6-2-1-3-7-14/h4-5,8,19H,1-3,6-7,9-10H2. The molecule has 0 unspecified atom stereocenters. The predicted molar refractivity (Wildman–Crippen MR) is 76.2 cm³/mol. The number of thioether (sulfide) groups is 1. The molecule has 0 amide bonds. The lowest BCUT2D eigenvalue weighted by atomic mass is 9.75. The Balaban J connectivity index is 1.83. The van der Waals surface area contributed by atoms with Crippen molar-refractivity contribution in [1.29, 1.82) is 0 Å². The van der Waals surface area contributed by atoms with Crippen LogP contribution in [0.25, 0.3) is 0 Å². The number of hydrogen-bond donors (Lipinski definition) is 1. The molecule has 1 aliphatic heterocycles. The minimum Gasteiger partial charge on any atom is -0.384 e. The van der Waals surface area contributed by atoms with Gasteiger partial charge < -0.3 is 5.32 Å². The molecular weight excluding hydrogens is 283 g/mol. The zero-order valence-corrected chi connectivity index (χ0v) is 12.0. The minimum absolute atomic E-state index is 0.264. The van der Waals surface area contributed by atoms with Gasteiger partial charge in [-0.3, -0.25) is 0 Å². The van der Waals surface area contributed by atoms with Gasteiger partial charge in [-0.05, 0) is 36.5 Å². The third-order valence-corrected chi connectivity index (χ3v) is 5.82. The molecule has 1 spiro atoms. The Morgan fingerprint density at radius 3 is 2.55 bits per heavy atom. The fourth-order valence-corrected chi connectivity index (χ4v) is 4.51. The molecule has 0 radical (unpaired) electrons. The van der Waals surface area contributed by atoms with Gasteiger partial charge in [0, 0.05) is 22.9 Å². The van der Waals surface area contributed by atoms with Crippen LogP contribution in [0.2, 0.25) is 0 Å². The van der Waals surface area contributed by atoms with Gasteiger partial charge in [-0.25, -0.2) is 0 Å². The highest BCUT2D eigenvalue weighted by atomic mass is 32.2. The summed E-state index contributed by atoms with van der Waals surface area (Å²) in [6, 6.07) is 4.03. The maximum atomic E-state index is 12.8. The first-order valence-corrected chi connectivity index (χ1v) is 8.05. The van der Waals surface area contributed by atoms with E-state index in [0.717, 1.165) is 22.9 Å². The summed E-state index contributed by atoms with van der Waals surface area (Å²) in [7, 11) is 0. The molecule has 0 atom stereocenters. The Bertz CT molecular complexity index is 492. The fourth-order valence-electron chi connectivity index (χ4n) is 3.15. The van der Waals surface area contributed by atoms with Crippen molar-refractivity contribution >= 4 is 17.4 Å². The summed E-state index contributed by atoms with van der Waals surface area (Å²) in [6.45, 7) is 0.887. The van der Waals surface area contributed by atoms with Gasteiger partial charge in [-0.15, -0.1) is 11.8 Å². The second-order valence-corrected chi connectivity index (χ2v) is 6.93. The van der Waals surface area contributed by atoms with Gasteiger partial charge in [0.2, 0.25) is 0 Å². The number of fused-ring (bicyclic) bond motifs is 1. The first kappa shape index (κ1) is 14.1. The Labute approximate surface area is 121 Å². The quantitative estimate of drug-likeness (QED) is 0.709. The Morgan fingerprint density at radius 2 is 1.85 bits per heavy atom. The van der Waals surface area contributed by atoms with Crippen LogP contribution < -0.4 is 5.32 Å². The van der Waals surface area contributed by atoms with Gasteiger partial charge in [0.05, 0.1) is 5.56 Å². The number of nitrogens with one attached hydrogen (secondary N) is 1. The van der Waals surface area contributed by atoms with Gasteiger partial charge in [-0.2, -0.15) is 13.2 Å². The molecule has 3 rings (SSSR count). The highest BCUT2D eigenvalue weighted by Gasteiger charge is 2.35. The second-order valence-electron chi connectivity index (χ2n) is 5.91. The Kier molecular flexibility index (Phi) is 3.65. The molecule has 1 aromatic carbocycles. The van der Waals surface area contributed by atoms with Crippen molar-refractivity contribution in [2.24, 2.45) is 5.41 Å². The minimum atomic E-state index is -4.26. The van der Waals surface area contributed by atoms with E-state index in [4.69, 9.17) is 0 Å². The summed E-state index contributed by atoms with van der Waals surface area (Å²) in [5.41, 5.74) is 0.566. The van der Waals surface area contributed by atoms with E-state index in [1.54, 1.807) is 17.8 Å². The van der Waals surface area contributed by atoms with E-state index in [0.29, 0.717) is 0 Å². The zero-order chi connectivity index (χ0) is 14.2. The molecule has 0 aromatic heterocycles. The number of anilines is 1. The average molecular weight is 301 g/mol. The van der Waals surface area contributed by atoms with E-state index in [1.165, 1.54) is 44.2 Å². The number of alkyl halides is 3. The van der Waals surface area contributed by atoms with E-state index >= 15 is 0 Å². The molecule has 1 N–H and O–H groups in total. The lowest BCUT2D eigenvalue weighted by molar-refractivity contribution is -0.137. The molecule has 1 fully saturated rings. The van der Waals surface area contributed by atoms with E-state index in [1.807, 2.05) is 0 Å². The fraction of sp³-hybridized carbons (Fsp3) is 0.600. The van der Waals surface area contributed by atoms with Gasteiger partial charge in [-0.1, -0.05) is 19.3 Å². The molecule has 1 aromatic rings. The molecule has 1 aliphatic carbocycles. The van der Waals surface area contributed by atoms with Gasteiger partial charge in [0.1, 0.15) is 0 Å². The highest BCUT2D eigenvalue weighted by molar-refractivity contribution is 7.99. The molecule has 1 nitrogen and oxygen atoms in total. The van der Waals surface area contributed by atoms with Crippen molar-refractivity contribution in [3.05, 3.63) is 23.8 Å². The summed E-state index contributed by atoms with van der Waals surface area (Å²) in [5.74, 6) is 0.925. The van der Waals surface area contributed by atoms with E-state index in [-0.39, 0.29) is 5.41 Å². The number of benzene rings is 1. The van der Waals surface area contributed by atoms with Crippen molar-refractivity contribution in [3.8, 4) is 0 Å². The van der Waals surface area contributed by atoms with Crippen LogP contribution >= 0.6 is 11.8 Å². The van der Waals surface area contributed by atoms with Crippen molar-refractivity contribution < 1.29 is 13.2 Å². The summed E-state index contributed by atoms with van der Waals surface area (Å²) in [6.07, 6.45) is 1.89. The van der Waals surface area contributed by atoms with Crippen molar-refractivity contribution in [2.75, 3.05) is 17.6 Å². The zero-order valence-electron chi connectivity index (χ0n) is 11.2. The molecule has 2 aliphatic rings. The predicted octanol–water partition coefficient (Wildman–Crippen LogP) is 5.17. The van der Waals surface area contributed by atoms with E-state index in [2.05, 4.69) is 5.32 Å². The topological polar surface area (TPSA) is 12.0 Å². The molecule has 20 heavy (non-hydrogen) atoms. The first-order chi connectivity index (χ1) is 9.49. The Morgan fingerprint density at radius 1 is 1.10 bits per heavy atom. The third kappa shape index (κ3) is 2.78. The van der Waals surface area contributed by atoms with Crippen LogP contribution in [-0.2, 0) is 6.18 Å². The smallest absolute Gasteiger partial charge is 0.384 e. The average Bonchev–Trinajstić information content (AvgIpc) is 2.59. The van der Waals surface area contributed by atoms with Crippen LogP contribution in [0.4, 0.5) is 18.9 Å². The molecule has 1 heterocycles. The molecule has 5 heteroatoms. The maximum absolute atomic E-state index is 12.8. The maximum Gasteiger partial charge on any atom is 0.416 e. The summed E-state index contributed by atoms with van der Waals surface area (Å²) >= 11 is 1.58. The molecule has 110 valence electrons.